The minimum absolute atomic E-state index is 0.109. The van der Waals surface area contributed by atoms with E-state index in [2.05, 4.69) is 10.6 Å². The number of nitrogens with zero attached hydrogens (tertiary/aromatic N) is 2. The molecular weight excluding hydrogens is 398 g/mol. The molecule has 0 bridgehead atoms. The van der Waals surface area contributed by atoms with Crippen LogP contribution >= 0.6 is 0 Å². The van der Waals surface area contributed by atoms with Crippen LogP contribution in [0.4, 0.5) is 21.0 Å². The average Bonchev–Trinajstić information content (AvgIpc) is 3.16. The van der Waals surface area contributed by atoms with Crippen LogP contribution in [0.15, 0.2) is 42.6 Å². The second-order valence-corrected chi connectivity index (χ2v) is 8.52. The van der Waals surface area contributed by atoms with Crippen molar-refractivity contribution in [2.45, 2.75) is 45.3 Å². The van der Waals surface area contributed by atoms with Gasteiger partial charge in [-0.1, -0.05) is 6.07 Å². The van der Waals surface area contributed by atoms with Crippen molar-refractivity contribution in [2.24, 2.45) is 5.73 Å². The number of amides is 4. The maximum Gasteiger partial charge on any atom is 0.410 e. The van der Waals surface area contributed by atoms with Crippen LogP contribution < -0.4 is 16.4 Å². The van der Waals surface area contributed by atoms with Crippen LogP contribution in [0.3, 0.4) is 0 Å². The van der Waals surface area contributed by atoms with Gasteiger partial charge in [0.1, 0.15) is 11.3 Å². The molecule has 3 rings (SSSR count). The predicted octanol–water partition coefficient (Wildman–Crippen LogP) is 3.80. The molecule has 1 fully saturated rings. The van der Waals surface area contributed by atoms with E-state index in [9.17, 15) is 14.4 Å². The van der Waals surface area contributed by atoms with Crippen LogP contribution in [-0.4, -0.2) is 46.2 Å². The van der Waals surface area contributed by atoms with E-state index in [4.69, 9.17) is 10.5 Å². The Morgan fingerprint density at radius 1 is 1.03 bits per heavy atom. The van der Waals surface area contributed by atoms with E-state index in [0.717, 1.165) is 12.8 Å². The van der Waals surface area contributed by atoms with Crippen molar-refractivity contribution in [3.8, 4) is 0 Å². The highest BCUT2D eigenvalue weighted by molar-refractivity contribution is 6.03. The van der Waals surface area contributed by atoms with Gasteiger partial charge in [0.25, 0.3) is 5.91 Å². The van der Waals surface area contributed by atoms with E-state index in [0.29, 0.717) is 30.2 Å². The third-order valence-corrected chi connectivity index (χ3v) is 4.91. The number of rotatable bonds is 4. The summed E-state index contributed by atoms with van der Waals surface area (Å²) in [4.78, 5) is 37.9. The number of ether oxygens (including phenoxy) is 1. The lowest BCUT2D eigenvalue weighted by Gasteiger charge is -2.34. The van der Waals surface area contributed by atoms with Crippen LogP contribution in [-0.2, 0) is 4.74 Å². The van der Waals surface area contributed by atoms with Crippen LogP contribution in [0, 0.1) is 0 Å². The molecule has 166 valence electrons. The van der Waals surface area contributed by atoms with Gasteiger partial charge in [-0.15, -0.1) is 0 Å². The number of benzene rings is 1. The van der Waals surface area contributed by atoms with Crippen molar-refractivity contribution in [3.05, 3.63) is 48.3 Å². The first-order valence-corrected chi connectivity index (χ1v) is 10.2. The minimum Gasteiger partial charge on any atom is -0.444 e. The number of nitrogens with one attached hydrogen (secondary N) is 2. The number of primary amides is 1. The third kappa shape index (κ3) is 6.00. The van der Waals surface area contributed by atoms with Gasteiger partial charge in [0.05, 0.1) is 0 Å². The van der Waals surface area contributed by atoms with Crippen molar-refractivity contribution in [1.82, 2.24) is 9.47 Å². The number of piperidine rings is 1. The molecule has 2 heterocycles. The molecule has 1 aromatic heterocycles. The lowest BCUT2D eigenvalue weighted by Crippen LogP contribution is -2.42. The second kappa shape index (κ2) is 9.11. The fourth-order valence-corrected chi connectivity index (χ4v) is 3.57. The Balaban J connectivity index is 1.63. The fraction of sp³-hybridized carbons (Fsp3) is 0.409. The molecule has 1 aliphatic rings. The van der Waals surface area contributed by atoms with E-state index >= 15 is 0 Å². The van der Waals surface area contributed by atoms with Crippen LogP contribution in [0.1, 0.15) is 50.1 Å². The van der Waals surface area contributed by atoms with Gasteiger partial charge >= 0.3 is 12.1 Å². The highest BCUT2D eigenvalue weighted by Gasteiger charge is 2.28. The third-order valence-electron chi connectivity index (χ3n) is 4.91. The lowest BCUT2D eigenvalue weighted by atomic mass is 10.0. The van der Waals surface area contributed by atoms with E-state index < -0.39 is 11.6 Å². The maximum atomic E-state index is 12.9. The quantitative estimate of drug-likeness (QED) is 0.687. The normalized spacial score (nSPS) is 14.7. The molecule has 0 atom stereocenters. The molecule has 0 saturated carbocycles. The zero-order valence-corrected chi connectivity index (χ0v) is 18.1. The molecule has 31 heavy (non-hydrogen) atoms. The van der Waals surface area contributed by atoms with E-state index in [1.54, 1.807) is 35.2 Å². The summed E-state index contributed by atoms with van der Waals surface area (Å²) < 4.78 is 7.40. The number of likely N-dealkylation sites (tertiary alicyclic amines) is 1. The zero-order chi connectivity index (χ0) is 22.6. The number of anilines is 2. The summed E-state index contributed by atoms with van der Waals surface area (Å²) in [6, 6.07) is 9.80. The Hall–Kier alpha value is -3.49. The molecule has 0 spiro atoms. The second-order valence-electron chi connectivity index (χ2n) is 8.52. The highest BCUT2D eigenvalue weighted by Crippen LogP contribution is 2.26. The van der Waals surface area contributed by atoms with E-state index in [-0.39, 0.29) is 18.0 Å². The first-order valence-electron chi connectivity index (χ1n) is 10.2. The number of hydrogen-bond acceptors (Lipinski definition) is 4. The SMILES string of the molecule is CC(C)(C)OC(=O)N1CCC(n2cccc2C(=O)Nc2cccc(NC(N)=O)c2)CC1. The minimum atomic E-state index is -0.671. The molecule has 9 nitrogen and oxygen atoms in total. The smallest absolute Gasteiger partial charge is 0.410 e. The Morgan fingerprint density at radius 2 is 1.68 bits per heavy atom. The summed E-state index contributed by atoms with van der Waals surface area (Å²) in [7, 11) is 0. The molecule has 0 unspecified atom stereocenters. The number of carbonyl (C=O) groups is 3. The molecular formula is C22H29N5O4. The first-order chi connectivity index (χ1) is 14.6. The van der Waals surface area contributed by atoms with Gasteiger partial charge < -0.3 is 30.6 Å². The standard InChI is InChI=1S/C22H29N5O4/c1-22(2,3)31-21(30)26-12-9-17(10-13-26)27-11-5-8-18(27)19(28)24-15-6-4-7-16(14-15)25-20(23)29/h4-8,11,14,17H,9-10,12-13H2,1-3H3,(H,24,28)(H3,23,25,29). The number of hydrogen-bond donors (Lipinski definition) is 3. The zero-order valence-electron chi connectivity index (χ0n) is 18.1. The summed E-state index contributed by atoms with van der Waals surface area (Å²) in [5.41, 5.74) is 6.19. The molecule has 1 aliphatic heterocycles. The van der Waals surface area contributed by atoms with E-state index in [1.807, 2.05) is 37.6 Å². The maximum absolute atomic E-state index is 12.9. The summed E-state index contributed by atoms with van der Waals surface area (Å²) in [5, 5.41) is 5.34. The Morgan fingerprint density at radius 3 is 2.29 bits per heavy atom. The predicted molar refractivity (Wildman–Crippen MR) is 118 cm³/mol. The molecule has 9 heteroatoms. The van der Waals surface area contributed by atoms with Crippen molar-refractivity contribution in [1.29, 1.82) is 0 Å². The largest absolute Gasteiger partial charge is 0.444 e. The lowest BCUT2D eigenvalue weighted by molar-refractivity contribution is 0.0187. The first kappa shape index (κ1) is 22.2. The summed E-state index contributed by atoms with van der Waals surface area (Å²) in [6.45, 7) is 6.69. The van der Waals surface area contributed by atoms with E-state index in [1.165, 1.54) is 0 Å². The Labute approximate surface area is 181 Å². The van der Waals surface area contributed by atoms with Crippen molar-refractivity contribution in [3.63, 3.8) is 0 Å². The number of carbonyl (C=O) groups excluding carboxylic acids is 3. The van der Waals surface area contributed by atoms with Gasteiger partial charge in [-0.2, -0.15) is 0 Å². The van der Waals surface area contributed by atoms with Crippen LogP contribution in [0.2, 0.25) is 0 Å². The van der Waals surface area contributed by atoms with Gasteiger partial charge in [-0.05, 0) is 63.9 Å². The van der Waals surface area contributed by atoms with Gasteiger partial charge in [0.2, 0.25) is 0 Å². The van der Waals surface area contributed by atoms with Gasteiger partial charge in [-0.25, -0.2) is 9.59 Å². The molecule has 1 saturated heterocycles. The fourth-order valence-electron chi connectivity index (χ4n) is 3.57. The highest BCUT2D eigenvalue weighted by atomic mass is 16.6. The van der Waals surface area contributed by atoms with Gasteiger partial charge in [0, 0.05) is 36.7 Å². The number of urea groups is 1. The molecule has 0 radical (unpaired) electrons. The van der Waals surface area contributed by atoms with Gasteiger partial charge in [-0.3, -0.25) is 4.79 Å². The van der Waals surface area contributed by atoms with Crippen molar-refractivity contribution in [2.75, 3.05) is 23.7 Å². The summed E-state index contributed by atoms with van der Waals surface area (Å²) in [5.74, 6) is -0.254. The topological polar surface area (TPSA) is 119 Å². The monoisotopic (exact) mass is 427 g/mol. The Kier molecular flexibility index (Phi) is 6.53. The molecule has 4 amide bonds. The van der Waals surface area contributed by atoms with Crippen molar-refractivity contribution < 1.29 is 19.1 Å². The molecule has 2 aromatic rings. The summed E-state index contributed by atoms with van der Waals surface area (Å²) in [6.07, 6.45) is 3.03. The summed E-state index contributed by atoms with van der Waals surface area (Å²) >= 11 is 0. The average molecular weight is 428 g/mol. The molecule has 1 aromatic carbocycles. The molecule has 0 aliphatic carbocycles. The van der Waals surface area contributed by atoms with Crippen LogP contribution in [0.5, 0.6) is 0 Å². The van der Waals surface area contributed by atoms with Crippen LogP contribution in [0.25, 0.3) is 0 Å². The van der Waals surface area contributed by atoms with Gasteiger partial charge in [0.15, 0.2) is 0 Å². The number of aromatic nitrogens is 1. The Bertz CT molecular complexity index is 955. The van der Waals surface area contributed by atoms with Crippen molar-refractivity contribution >= 4 is 29.4 Å². The molecule has 4 N–H and O–H groups in total. The number of nitrogens with two attached hydrogens (primary N) is 1.